The number of halogens is 1. The van der Waals surface area contributed by atoms with Crippen LogP contribution in [0.2, 0.25) is 5.02 Å². The smallest absolute Gasteiger partial charge is 0.240 e. The summed E-state index contributed by atoms with van der Waals surface area (Å²) in [5.41, 5.74) is 1.45. The molecule has 2 aromatic carbocycles. The minimum Gasteiger partial charge on any atom is -0.297 e. The lowest BCUT2D eigenvalue weighted by atomic mass is 9.79. The van der Waals surface area contributed by atoms with Gasteiger partial charge in [0, 0.05) is 5.41 Å². The average Bonchev–Trinajstić information content (AvgIpc) is 3.20. The van der Waals surface area contributed by atoms with Crippen molar-refractivity contribution in [2.75, 3.05) is 4.90 Å². The van der Waals surface area contributed by atoms with E-state index in [1.54, 1.807) is 35.5 Å². The summed E-state index contributed by atoms with van der Waals surface area (Å²) in [7, 11) is 0. The number of amides is 2. The Bertz CT molecular complexity index is 1150. The van der Waals surface area contributed by atoms with E-state index in [2.05, 4.69) is 5.10 Å². The zero-order chi connectivity index (χ0) is 22.1. The van der Waals surface area contributed by atoms with Crippen LogP contribution in [-0.4, -0.2) is 34.9 Å². The van der Waals surface area contributed by atoms with Gasteiger partial charge >= 0.3 is 0 Å². The number of hydrazone groups is 1. The molecule has 0 aliphatic carbocycles. The van der Waals surface area contributed by atoms with E-state index in [9.17, 15) is 14.4 Å². The number of hydrogen-bond acceptors (Lipinski definition) is 5. The summed E-state index contributed by atoms with van der Waals surface area (Å²) in [6, 6.07) is 13.2. The highest BCUT2D eigenvalue weighted by molar-refractivity contribution is 6.36. The van der Waals surface area contributed by atoms with Crippen molar-refractivity contribution in [1.82, 2.24) is 5.01 Å². The number of carbonyl (C=O) groups excluding carboxylic acids is 3. The van der Waals surface area contributed by atoms with Crippen molar-refractivity contribution in [3.63, 3.8) is 0 Å². The number of rotatable bonds is 2. The van der Waals surface area contributed by atoms with Gasteiger partial charge < -0.3 is 0 Å². The zero-order valence-corrected chi connectivity index (χ0v) is 18.2. The van der Waals surface area contributed by atoms with E-state index in [-0.39, 0.29) is 11.7 Å². The Hall–Kier alpha value is -2.99. The number of fused-ring (bicyclic) bond motifs is 5. The van der Waals surface area contributed by atoms with Crippen LogP contribution in [0, 0.1) is 17.3 Å². The minimum absolute atomic E-state index is 0.108. The molecule has 2 fully saturated rings. The number of hydrogen-bond donors (Lipinski definition) is 0. The number of carbonyl (C=O) groups is 3. The SMILES string of the molecule is CC(C)(C)C(=O)[C@H]1[C@H]2C(=O)N(c3ccccc3Cl)C(=O)[C@@H]2[C@H]2c3ccccc3C=NN21. The van der Waals surface area contributed by atoms with E-state index in [0.717, 1.165) is 11.1 Å². The standard InChI is InChI=1S/C24H22ClN3O3/c1-24(2,3)21(29)20-18-17(19-14-9-5-4-8-13(14)12-26-28(19)20)22(30)27(23(18)31)16-11-7-6-10-15(16)25/h4-12,17-20H,1-3H3/t17-,18-,19+,20+/m0/s1. The monoisotopic (exact) mass is 435 g/mol. The summed E-state index contributed by atoms with van der Waals surface area (Å²) in [4.78, 5) is 42.0. The molecular formula is C24H22ClN3O3. The fraction of sp³-hybridized carbons (Fsp3) is 0.333. The third kappa shape index (κ3) is 2.78. The number of nitrogens with zero attached hydrogens (tertiary/aromatic N) is 3. The molecule has 6 nitrogen and oxygen atoms in total. The number of benzene rings is 2. The van der Waals surface area contributed by atoms with Crippen LogP contribution >= 0.6 is 11.6 Å². The predicted octanol–water partition coefficient (Wildman–Crippen LogP) is 3.83. The van der Waals surface area contributed by atoms with Crippen molar-refractivity contribution in [2.45, 2.75) is 32.9 Å². The number of Topliss-reactive ketones (excluding diaryl/α,β-unsaturated/α-hetero) is 1. The van der Waals surface area contributed by atoms with Crippen molar-refractivity contribution in [1.29, 1.82) is 0 Å². The summed E-state index contributed by atoms with van der Waals surface area (Å²) in [5, 5.41) is 6.56. The summed E-state index contributed by atoms with van der Waals surface area (Å²) >= 11 is 6.33. The number of anilines is 1. The van der Waals surface area contributed by atoms with Crippen LogP contribution in [0.4, 0.5) is 5.69 Å². The molecule has 158 valence electrons. The maximum Gasteiger partial charge on any atom is 0.240 e. The van der Waals surface area contributed by atoms with E-state index in [1.165, 1.54) is 4.90 Å². The molecule has 0 radical (unpaired) electrons. The van der Waals surface area contributed by atoms with E-state index in [1.807, 2.05) is 45.0 Å². The quantitative estimate of drug-likeness (QED) is 0.672. The van der Waals surface area contributed by atoms with Crippen LogP contribution in [0.3, 0.4) is 0 Å². The molecule has 4 atom stereocenters. The lowest BCUT2D eigenvalue weighted by Gasteiger charge is -2.35. The maximum absolute atomic E-state index is 13.7. The predicted molar refractivity (Wildman–Crippen MR) is 118 cm³/mol. The van der Waals surface area contributed by atoms with Crippen molar-refractivity contribution < 1.29 is 14.4 Å². The Morgan fingerprint density at radius 3 is 2.32 bits per heavy atom. The summed E-state index contributed by atoms with van der Waals surface area (Å²) < 4.78 is 0. The lowest BCUT2D eigenvalue weighted by molar-refractivity contribution is -0.136. The Balaban J connectivity index is 1.69. The highest BCUT2D eigenvalue weighted by Crippen LogP contribution is 2.54. The molecule has 0 N–H and O–H groups in total. The molecule has 3 aliphatic heterocycles. The van der Waals surface area contributed by atoms with E-state index < -0.39 is 35.2 Å². The molecule has 31 heavy (non-hydrogen) atoms. The molecule has 2 saturated heterocycles. The molecule has 0 saturated carbocycles. The van der Waals surface area contributed by atoms with Crippen LogP contribution in [0.5, 0.6) is 0 Å². The Morgan fingerprint density at radius 2 is 1.61 bits per heavy atom. The molecule has 0 bridgehead atoms. The molecule has 7 heteroatoms. The van der Waals surface area contributed by atoms with Crippen LogP contribution in [0.25, 0.3) is 0 Å². The van der Waals surface area contributed by atoms with Crippen LogP contribution < -0.4 is 4.90 Å². The molecule has 0 aromatic heterocycles. The van der Waals surface area contributed by atoms with Gasteiger partial charge in [0.05, 0.1) is 34.8 Å². The van der Waals surface area contributed by atoms with Gasteiger partial charge in [-0.05, 0) is 23.3 Å². The van der Waals surface area contributed by atoms with Crippen molar-refractivity contribution >= 4 is 41.1 Å². The number of imide groups is 1. The first-order valence-electron chi connectivity index (χ1n) is 10.3. The van der Waals surface area contributed by atoms with Gasteiger partial charge in [0.1, 0.15) is 6.04 Å². The van der Waals surface area contributed by atoms with Crippen molar-refractivity contribution in [3.05, 3.63) is 64.7 Å². The van der Waals surface area contributed by atoms with Gasteiger partial charge in [-0.15, -0.1) is 0 Å². The Morgan fingerprint density at radius 1 is 0.968 bits per heavy atom. The van der Waals surface area contributed by atoms with Gasteiger partial charge in [-0.1, -0.05) is 68.8 Å². The van der Waals surface area contributed by atoms with E-state index in [4.69, 9.17) is 11.6 Å². The zero-order valence-electron chi connectivity index (χ0n) is 17.4. The van der Waals surface area contributed by atoms with E-state index >= 15 is 0 Å². The largest absolute Gasteiger partial charge is 0.297 e. The van der Waals surface area contributed by atoms with Crippen molar-refractivity contribution in [3.8, 4) is 0 Å². The molecule has 0 unspecified atom stereocenters. The first kappa shape index (κ1) is 19.9. The fourth-order valence-corrected chi connectivity index (χ4v) is 5.20. The van der Waals surface area contributed by atoms with Gasteiger partial charge in [-0.25, -0.2) is 4.90 Å². The molecule has 3 heterocycles. The molecule has 2 aromatic rings. The van der Waals surface area contributed by atoms with Crippen LogP contribution in [0.1, 0.15) is 37.9 Å². The number of ketones is 1. The molecular weight excluding hydrogens is 414 g/mol. The second-order valence-corrected chi connectivity index (χ2v) is 9.68. The average molecular weight is 436 g/mol. The molecule has 2 amide bonds. The van der Waals surface area contributed by atoms with E-state index in [0.29, 0.717) is 10.7 Å². The summed E-state index contributed by atoms with van der Waals surface area (Å²) in [6.45, 7) is 5.48. The third-order valence-corrected chi connectivity index (χ3v) is 6.71. The highest BCUT2D eigenvalue weighted by atomic mass is 35.5. The molecule has 0 spiro atoms. The first-order chi connectivity index (χ1) is 14.7. The first-order valence-corrected chi connectivity index (χ1v) is 10.7. The third-order valence-electron chi connectivity index (χ3n) is 6.39. The Labute approximate surface area is 185 Å². The van der Waals surface area contributed by atoms with Crippen LogP contribution in [-0.2, 0) is 14.4 Å². The normalized spacial score (nSPS) is 26.7. The fourth-order valence-electron chi connectivity index (χ4n) is 4.98. The van der Waals surface area contributed by atoms with Gasteiger partial charge in [0.25, 0.3) is 0 Å². The number of para-hydroxylation sites is 1. The summed E-state index contributed by atoms with van der Waals surface area (Å²) in [6.07, 6.45) is 1.70. The summed E-state index contributed by atoms with van der Waals surface area (Å²) in [5.74, 6) is -2.37. The minimum atomic E-state index is -0.816. The van der Waals surface area contributed by atoms with Gasteiger partial charge in [0.15, 0.2) is 5.78 Å². The molecule has 3 aliphatic rings. The molecule has 5 rings (SSSR count). The second-order valence-electron chi connectivity index (χ2n) is 9.27. The van der Waals surface area contributed by atoms with Gasteiger partial charge in [0.2, 0.25) is 11.8 Å². The second kappa shape index (κ2) is 6.76. The van der Waals surface area contributed by atoms with Crippen molar-refractivity contribution in [2.24, 2.45) is 22.4 Å². The lowest BCUT2D eigenvalue weighted by Crippen LogP contribution is -2.48. The van der Waals surface area contributed by atoms with Gasteiger partial charge in [-0.3, -0.25) is 19.4 Å². The maximum atomic E-state index is 13.7. The highest BCUT2D eigenvalue weighted by Gasteiger charge is 2.66. The Kier molecular flexibility index (Phi) is 4.35. The topological polar surface area (TPSA) is 70.0 Å². The van der Waals surface area contributed by atoms with Gasteiger partial charge in [-0.2, -0.15) is 5.10 Å². The van der Waals surface area contributed by atoms with Crippen LogP contribution in [0.15, 0.2) is 53.6 Å².